The number of ether oxygens (including phenoxy) is 1. The minimum absolute atomic E-state index is 0.0724. The largest absolute Gasteiger partial charge is 0.496 e. The van der Waals surface area contributed by atoms with Crippen LogP contribution in [-0.2, 0) is 12.2 Å². The topological polar surface area (TPSA) is 64.4 Å². The highest BCUT2D eigenvalue weighted by Gasteiger charge is 2.14. The van der Waals surface area contributed by atoms with Crippen LogP contribution in [-0.4, -0.2) is 24.7 Å². The minimum Gasteiger partial charge on any atom is -0.496 e. The van der Waals surface area contributed by atoms with Gasteiger partial charge < -0.3 is 14.6 Å². The van der Waals surface area contributed by atoms with Gasteiger partial charge in [-0.1, -0.05) is 35.5 Å². The van der Waals surface area contributed by atoms with Crippen LogP contribution in [0.3, 0.4) is 0 Å². The number of amides is 1. The molecule has 1 heterocycles. The summed E-state index contributed by atoms with van der Waals surface area (Å²) in [7, 11) is 1.66. The van der Waals surface area contributed by atoms with Crippen LogP contribution < -0.4 is 10.1 Å². The lowest BCUT2D eigenvalue weighted by atomic mass is 10.1. The Labute approximate surface area is 169 Å². The van der Waals surface area contributed by atoms with E-state index in [1.807, 2.05) is 62.4 Å². The fourth-order valence-corrected chi connectivity index (χ4v) is 4.16. The second-order valence-corrected chi connectivity index (χ2v) is 7.42. The number of hydrogen-bond acceptors (Lipinski definition) is 5. The average molecular weight is 397 g/mol. The van der Waals surface area contributed by atoms with Gasteiger partial charge in [0.2, 0.25) is 0 Å². The summed E-state index contributed by atoms with van der Waals surface area (Å²) < 4.78 is 10.6. The normalized spacial score (nSPS) is 10.7. The molecule has 1 N–H and O–H groups in total. The van der Waals surface area contributed by atoms with Crippen molar-refractivity contribution < 1.29 is 14.1 Å². The molecule has 5 nitrogen and oxygen atoms in total. The number of rotatable bonds is 8. The minimum atomic E-state index is -0.0724. The molecule has 0 atom stereocenters. The third-order valence-electron chi connectivity index (χ3n) is 4.56. The maximum Gasteiger partial charge on any atom is 0.252 e. The predicted molar refractivity (Wildman–Crippen MR) is 111 cm³/mol. The number of hydrogen-bond donors (Lipinski definition) is 1. The van der Waals surface area contributed by atoms with Crippen LogP contribution in [0.4, 0.5) is 0 Å². The molecule has 0 unspecified atom stereocenters. The quantitative estimate of drug-likeness (QED) is 0.565. The molecule has 0 saturated carbocycles. The summed E-state index contributed by atoms with van der Waals surface area (Å²) >= 11 is 1.62. The molecule has 3 rings (SSSR count). The highest BCUT2D eigenvalue weighted by molar-refractivity contribution is 7.98. The first-order valence-electron chi connectivity index (χ1n) is 9.13. The summed E-state index contributed by atoms with van der Waals surface area (Å²) in [5.41, 5.74) is 3.73. The predicted octanol–water partition coefficient (Wildman–Crippen LogP) is 4.56. The van der Waals surface area contributed by atoms with E-state index in [0.717, 1.165) is 33.2 Å². The summed E-state index contributed by atoms with van der Waals surface area (Å²) in [5, 5.41) is 7.01. The lowest BCUT2D eigenvalue weighted by Gasteiger charge is -2.11. The summed E-state index contributed by atoms with van der Waals surface area (Å²) in [6.07, 6.45) is 0.712. The van der Waals surface area contributed by atoms with Crippen molar-refractivity contribution in [2.24, 2.45) is 0 Å². The van der Waals surface area contributed by atoms with E-state index in [0.29, 0.717) is 24.3 Å². The van der Waals surface area contributed by atoms with Gasteiger partial charge in [0.1, 0.15) is 11.5 Å². The molecule has 3 aromatic rings. The van der Waals surface area contributed by atoms with Crippen LogP contribution in [0.25, 0.3) is 0 Å². The maximum atomic E-state index is 12.7. The molecule has 1 aromatic heterocycles. The standard InChI is InChI=1S/C22H24N2O3S/c1-15-19(16(2)27-24-15)14-28-21-11-7-5-9-18(21)22(25)23-13-12-17-8-4-6-10-20(17)26-3/h4-11H,12-14H2,1-3H3,(H,23,25). The smallest absolute Gasteiger partial charge is 0.252 e. The molecular formula is C22H24N2O3S. The third-order valence-corrected chi connectivity index (χ3v) is 5.66. The Hall–Kier alpha value is -2.73. The van der Waals surface area contributed by atoms with Crippen molar-refractivity contribution in [3.8, 4) is 5.75 Å². The van der Waals surface area contributed by atoms with Crippen LogP contribution in [0.15, 0.2) is 57.9 Å². The molecule has 2 aromatic carbocycles. The second kappa shape index (κ2) is 9.46. The molecule has 0 fully saturated rings. The van der Waals surface area contributed by atoms with Crippen molar-refractivity contribution in [3.63, 3.8) is 0 Å². The molecule has 1 amide bonds. The Balaban J connectivity index is 1.62. The van der Waals surface area contributed by atoms with Gasteiger partial charge in [0, 0.05) is 22.8 Å². The maximum absolute atomic E-state index is 12.7. The molecule has 146 valence electrons. The van der Waals surface area contributed by atoms with Crippen molar-refractivity contribution in [2.75, 3.05) is 13.7 Å². The summed E-state index contributed by atoms with van der Waals surface area (Å²) in [4.78, 5) is 13.7. The number of carbonyl (C=O) groups is 1. The fraction of sp³-hybridized carbons (Fsp3) is 0.273. The molecule has 0 aliphatic heterocycles. The van der Waals surface area contributed by atoms with Crippen molar-refractivity contribution in [1.29, 1.82) is 0 Å². The Morgan fingerprint density at radius 2 is 1.89 bits per heavy atom. The van der Waals surface area contributed by atoms with Crippen molar-refractivity contribution in [3.05, 3.63) is 76.7 Å². The third kappa shape index (κ3) is 4.75. The van der Waals surface area contributed by atoms with Crippen LogP contribution in [0.1, 0.15) is 32.9 Å². The number of methoxy groups -OCH3 is 1. The van der Waals surface area contributed by atoms with Crippen LogP contribution in [0, 0.1) is 13.8 Å². The zero-order chi connectivity index (χ0) is 19.9. The van der Waals surface area contributed by atoms with Crippen LogP contribution in [0.2, 0.25) is 0 Å². The number of carbonyl (C=O) groups excluding carboxylic acids is 1. The molecule has 0 saturated heterocycles. The first-order valence-corrected chi connectivity index (χ1v) is 10.1. The van der Waals surface area contributed by atoms with E-state index >= 15 is 0 Å². The van der Waals surface area contributed by atoms with Gasteiger partial charge in [-0.3, -0.25) is 4.79 Å². The van der Waals surface area contributed by atoms with Gasteiger partial charge in [0.05, 0.1) is 18.4 Å². The van der Waals surface area contributed by atoms with E-state index in [1.54, 1.807) is 18.9 Å². The summed E-state index contributed by atoms with van der Waals surface area (Å²) in [5.74, 6) is 2.31. The van der Waals surface area contributed by atoms with Gasteiger partial charge in [-0.15, -0.1) is 11.8 Å². The van der Waals surface area contributed by atoms with Gasteiger partial charge in [0.15, 0.2) is 0 Å². The highest BCUT2D eigenvalue weighted by Crippen LogP contribution is 2.28. The molecule has 0 aliphatic carbocycles. The van der Waals surface area contributed by atoms with E-state index in [4.69, 9.17) is 9.26 Å². The van der Waals surface area contributed by atoms with E-state index in [9.17, 15) is 4.79 Å². The molecule has 0 radical (unpaired) electrons. The first-order chi connectivity index (χ1) is 13.6. The Morgan fingerprint density at radius 3 is 2.64 bits per heavy atom. The van der Waals surface area contributed by atoms with Gasteiger partial charge in [-0.05, 0) is 44.0 Å². The number of para-hydroxylation sites is 1. The summed E-state index contributed by atoms with van der Waals surface area (Å²) in [6.45, 7) is 4.39. The zero-order valence-electron chi connectivity index (χ0n) is 16.3. The molecule has 6 heteroatoms. The van der Waals surface area contributed by atoms with Crippen molar-refractivity contribution >= 4 is 17.7 Å². The number of nitrogens with zero attached hydrogens (tertiary/aromatic N) is 1. The van der Waals surface area contributed by atoms with Gasteiger partial charge in [-0.25, -0.2) is 0 Å². The SMILES string of the molecule is COc1ccccc1CCNC(=O)c1ccccc1SCc1c(C)noc1C. The number of benzene rings is 2. The number of nitrogens with one attached hydrogen (secondary N) is 1. The van der Waals surface area contributed by atoms with Crippen LogP contribution >= 0.6 is 11.8 Å². The lowest BCUT2D eigenvalue weighted by molar-refractivity contribution is 0.0951. The van der Waals surface area contributed by atoms with Gasteiger partial charge in [-0.2, -0.15) is 0 Å². The average Bonchev–Trinajstić information content (AvgIpc) is 3.04. The van der Waals surface area contributed by atoms with E-state index in [1.165, 1.54) is 0 Å². The molecule has 0 aliphatic rings. The van der Waals surface area contributed by atoms with E-state index in [-0.39, 0.29) is 5.91 Å². The number of aryl methyl sites for hydroxylation is 2. The Kier molecular flexibility index (Phi) is 6.76. The zero-order valence-corrected chi connectivity index (χ0v) is 17.1. The first kappa shape index (κ1) is 20.0. The van der Waals surface area contributed by atoms with Crippen molar-refractivity contribution in [2.45, 2.75) is 30.9 Å². The fourth-order valence-electron chi connectivity index (χ4n) is 2.95. The molecule has 28 heavy (non-hydrogen) atoms. The number of thioether (sulfide) groups is 1. The summed E-state index contributed by atoms with van der Waals surface area (Å²) in [6, 6.07) is 15.5. The second-order valence-electron chi connectivity index (χ2n) is 6.41. The molecule has 0 spiro atoms. The molecule has 0 bridgehead atoms. The molecular weight excluding hydrogens is 372 g/mol. The van der Waals surface area contributed by atoms with Crippen molar-refractivity contribution in [1.82, 2.24) is 10.5 Å². The van der Waals surface area contributed by atoms with E-state index < -0.39 is 0 Å². The van der Waals surface area contributed by atoms with Gasteiger partial charge >= 0.3 is 0 Å². The lowest BCUT2D eigenvalue weighted by Crippen LogP contribution is -2.26. The van der Waals surface area contributed by atoms with E-state index in [2.05, 4.69) is 10.5 Å². The van der Waals surface area contributed by atoms with Crippen LogP contribution in [0.5, 0.6) is 5.75 Å². The number of aromatic nitrogens is 1. The van der Waals surface area contributed by atoms with Gasteiger partial charge in [0.25, 0.3) is 5.91 Å². The monoisotopic (exact) mass is 396 g/mol. The highest BCUT2D eigenvalue weighted by atomic mass is 32.2. The Morgan fingerprint density at radius 1 is 1.14 bits per heavy atom. The Bertz CT molecular complexity index is 933.